The van der Waals surface area contributed by atoms with E-state index in [4.69, 9.17) is 0 Å². The minimum atomic E-state index is 0.946. The number of nitrogens with two attached hydrogens (primary N) is 1. The van der Waals surface area contributed by atoms with E-state index in [9.17, 15) is 0 Å². The summed E-state index contributed by atoms with van der Waals surface area (Å²) >= 11 is 1.71. The lowest BCUT2D eigenvalue weighted by atomic mass is 9.89. The Bertz CT molecular complexity index is 565. The van der Waals surface area contributed by atoms with Gasteiger partial charge in [0.1, 0.15) is 6.54 Å². The van der Waals surface area contributed by atoms with Crippen LogP contribution < -0.4 is 5.32 Å². The van der Waals surface area contributed by atoms with E-state index in [0.717, 1.165) is 17.6 Å². The smallest absolute Gasteiger partial charge is 0.193 e. The fraction of sp³-hybridized carbons (Fsp3) is 0.588. The van der Waals surface area contributed by atoms with Crippen LogP contribution >= 0.6 is 11.3 Å². The number of hydrogen-bond acceptors (Lipinski definition) is 2. The molecule has 0 spiro atoms. The molecule has 3 nitrogen and oxygen atoms in total. The number of nitrogens with zero attached hydrogens (tertiary/aromatic N) is 2. The molecule has 3 rings (SSSR count). The Balaban J connectivity index is 1.62. The molecule has 0 aliphatic heterocycles. The van der Waals surface area contributed by atoms with Gasteiger partial charge in [-0.05, 0) is 32.8 Å². The first-order valence-corrected chi connectivity index (χ1v) is 9.03. The minimum Gasteiger partial charge on any atom is -0.342 e. The molecule has 1 saturated carbocycles. The first-order valence-electron chi connectivity index (χ1n) is 8.15. The molecule has 2 aromatic heterocycles. The molecule has 0 radical (unpaired) electrons. The summed E-state index contributed by atoms with van der Waals surface area (Å²) in [4.78, 5) is 4.45. The Labute approximate surface area is 131 Å². The zero-order valence-corrected chi connectivity index (χ0v) is 14.0. The van der Waals surface area contributed by atoms with Crippen LogP contribution in [0.2, 0.25) is 0 Å². The van der Waals surface area contributed by atoms with Crippen molar-refractivity contribution in [2.75, 3.05) is 6.54 Å². The molecule has 0 aromatic carbocycles. The number of aromatic nitrogens is 2. The summed E-state index contributed by atoms with van der Waals surface area (Å²) < 4.78 is 2.29. The third-order valence-electron chi connectivity index (χ3n) is 4.74. The standard InChI is InChI=1S/C17H25N3S/c1-13-10-16(12-18-11-15-6-4-3-5-7-15)14(2)20(13)17-19-8-9-21-17/h8-10,15,18H,3-7,11-12H2,1-2H3/p+1. The Kier molecular flexibility index (Phi) is 4.76. The fourth-order valence-corrected chi connectivity index (χ4v) is 4.31. The third-order valence-corrected chi connectivity index (χ3v) is 5.49. The SMILES string of the molecule is Cc1cc(C[NH2+]CC2CCCCC2)c(C)n1-c1nccs1. The van der Waals surface area contributed by atoms with E-state index in [2.05, 4.69) is 34.8 Å². The summed E-state index contributed by atoms with van der Waals surface area (Å²) in [5.41, 5.74) is 4.10. The van der Waals surface area contributed by atoms with Crippen molar-refractivity contribution < 1.29 is 5.32 Å². The van der Waals surface area contributed by atoms with Gasteiger partial charge < -0.3 is 5.32 Å². The first kappa shape index (κ1) is 14.8. The number of thiazole rings is 1. The molecule has 2 heterocycles. The van der Waals surface area contributed by atoms with Gasteiger partial charge in [-0.3, -0.25) is 4.57 Å². The Morgan fingerprint density at radius 1 is 1.29 bits per heavy atom. The topological polar surface area (TPSA) is 34.4 Å². The van der Waals surface area contributed by atoms with Crippen molar-refractivity contribution in [1.82, 2.24) is 9.55 Å². The summed E-state index contributed by atoms with van der Waals surface area (Å²) in [6.07, 6.45) is 9.09. The van der Waals surface area contributed by atoms with Gasteiger partial charge in [0.25, 0.3) is 0 Å². The van der Waals surface area contributed by atoms with Crippen LogP contribution in [0.25, 0.3) is 5.13 Å². The quantitative estimate of drug-likeness (QED) is 0.904. The van der Waals surface area contributed by atoms with E-state index in [1.807, 2.05) is 11.6 Å². The summed E-state index contributed by atoms with van der Waals surface area (Å²) in [7, 11) is 0. The molecule has 2 aromatic rings. The zero-order valence-electron chi connectivity index (χ0n) is 13.1. The summed E-state index contributed by atoms with van der Waals surface area (Å²) in [6.45, 7) is 6.79. The predicted molar refractivity (Wildman–Crippen MR) is 88.0 cm³/mol. The lowest BCUT2D eigenvalue weighted by Crippen LogP contribution is -2.84. The van der Waals surface area contributed by atoms with Gasteiger partial charge in [-0.15, -0.1) is 11.3 Å². The minimum absolute atomic E-state index is 0.946. The molecule has 114 valence electrons. The summed E-state index contributed by atoms with van der Waals surface area (Å²) in [5, 5.41) is 5.64. The van der Waals surface area contributed by atoms with Gasteiger partial charge in [-0.25, -0.2) is 4.98 Å². The van der Waals surface area contributed by atoms with Gasteiger partial charge in [-0.1, -0.05) is 19.3 Å². The van der Waals surface area contributed by atoms with Crippen LogP contribution in [-0.2, 0) is 6.54 Å². The van der Waals surface area contributed by atoms with Gasteiger partial charge >= 0.3 is 0 Å². The highest BCUT2D eigenvalue weighted by Crippen LogP contribution is 2.23. The van der Waals surface area contributed by atoms with Crippen LogP contribution in [0.15, 0.2) is 17.6 Å². The van der Waals surface area contributed by atoms with Crippen LogP contribution in [0.1, 0.15) is 49.1 Å². The van der Waals surface area contributed by atoms with E-state index in [1.54, 1.807) is 11.3 Å². The van der Waals surface area contributed by atoms with E-state index in [0.29, 0.717) is 0 Å². The fourth-order valence-electron chi connectivity index (χ4n) is 3.55. The van der Waals surface area contributed by atoms with E-state index < -0.39 is 0 Å². The van der Waals surface area contributed by atoms with Crippen molar-refractivity contribution in [1.29, 1.82) is 0 Å². The van der Waals surface area contributed by atoms with Gasteiger partial charge in [0.05, 0.1) is 6.54 Å². The zero-order chi connectivity index (χ0) is 14.7. The number of hydrogen-bond donors (Lipinski definition) is 1. The van der Waals surface area contributed by atoms with Crippen LogP contribution in [0.3, 0.4) is 0 Å². The number of rotatable bonds is 5. The lowest BCUT2D eigenvalue weighted by Gasteiger charge is -2.19. The average molecular weight is 304 g/mol. The highest BCUT2D eigenvalue weighted by Gasteiger charge is 2.16. The maximum atomic E-state index is 4.45. The van der Waals surface area contributed by atoms with Crippen LogP contribution in [0.4, 0.5) is 0 Å². The van der Waals surface area contributed by atoms with E-state index in [-0.39, 0.29) is 0 Å². The average Bonchev–Trinajstić information content (AvgIpc) is 3.09. The molecule has 0 atom stereocenters. The lowest BCUT2D eigenvalue weighted by molar-refractivity contribution is -0.676. The molecular formula is C17H26N3S+. The van der Waals surface area contributed by atoms with E-state index >= 15 is 0 Å². The summed E-state index contributed by atoms with van der Waals surface area (Å²) in [5.74, 6) is 0.946. The second-order valence-corrected chi connectivity index (χ2v) is 7.15. The van der Waals surface area contributed by atoms with Gasteiger partial charge in [0, 0.05) is 34.4 Å². The van der Waals surface area contributed by atoms with Gasteiger partial charge in [0.15, 0.2) is 5.13 Å². The molecule has 4 heteroatoms. The van der Waals surface area contributed by atoms with Crippen molar-refractivity contribution in [3.05, 3.63) is 34.6 Å². The Hall–Kier alpha value is -1.13. The normalized spacial score (nSPS) is 16.5. The monoisotopic (exact) mass is 304 g/mol. The molecule has 0 amide bonds. The largest absolute Gasteiger partial charge is 0.342 e. The second kappa shape index (κ2) is 6.75. The highest BCUT2D eigenvalue weighted by molar-refractivity contribution is 7.12. The van der Waals surface area contributed by atoms with Gasteiger partial charge in [-0.2, -0.15) is 0 Å². The molecular weight excluding hydrogens is 278 g/mol. The number of aryl methyl sites for hydroxylation is 1. The van der Waals surface area contributed by atoms with Crippen molar-refractivity contribution in [2.24, 2.45) is 5.92 Å². The third kappa shape index (κ3) is 3.38. The molecule has 1 aliphatic rings. The maximum absolute atomic E-state index is 4.45. The van der Waals surface area contributed by atoms with Crippen LogP contribution in [-0.4, -0.2) is 16.1 Å². The Morgan fingerprint density at radius 3 is 2.81 bits per heavy atom. The summed E-state index contributed by atoms with van der Waals surface area (Å²) in [6, 6.07) is 2.33. The first-order chi connectivity index (χ1) is 10.3. The molecule has 0 unspecified atom stereocenters. The second-order valence-electron chi connectivity index (χ2n) is 6.28. The van der Waals surface area contributed by atoms with Crippen molar-refractivity contribution >= 4 is 11.3 Å². The van der Waals surface area contributed by atoms with Crippen molar-refractivity contribution in [3.8, 4) is 5.13 Å². The molecule has 1 fully saturated rings. The molecule has 0 bridgehead atoms. The van der Waals surface area contributed by atoms with Crippen molar-refractivity contribution in [2.45, 2.75) is 52.5 Å². The number of quaternary nitrogens is 1. The molecule has 1 aliphatic carbocycles. The molecule has 2 N–H and O–H groups in total. The van der Waals surface area contributed by atoms with E-state index in [1.165, 1.54) is 55.6 Å². The van der Waals surface area contributed by atoms with Crippen molar-refractivity contribution in [3.63, 3.8) is 0 Å². The predicted octanol–water partition coefficient (Wildman–Crippen LogP) is 3.19. The van der Waals surface area contributed by atoms with Crippen LogP contribution in [0.5, 0.6) is 0 Å². The highest BCUT2D eigenvalue weighted by atomic mass is 32.1. The maximum Gasteiger partial charge on any atom is 0.193 e. The molecule has 21 heavy (non-hydrogen) atoms. The van der Waals surface area contributed by atoms with Crippen LogP contribution in [0, 0.1) is 19.8 Å². The molecule has 0 saturated heterocycles. The van der Waals surface area contributed by atoms with Gasteiger partial charge in [0.2, 0.25) is 0 Å². The Morgan fingerprint density at radius 2 is 2.10 bits per heavy atom.